The van der Waals surface area contributed by atoms with Gasteiger partial charge in [0.2, 0.25) is 0 Å². The van der Waals surface area contributed by atoms with E-state index in [0.29, 0.717) is 0 Å². The van der Waals surface area contributed by atoms with Gasteiger partial charge in [-0.15, -0.1) is 0 Å². The quantitative estimate of drug-likeness (QED) is 0.643. The van der Waals surface area contributed by atoms with Crippen molar-refractivity contribution in [2.75, 3.05) is 6.61 Å². The van der Waals surface area contributed by atoms with Gasteiger partial charge in [-0.2, -0.15) is 0 Å². The smallest absolute Gasteiger partial charge is 0.123 e. The maximum Gasteiger partial charge on any atom is 0.123 e. The minimum absolute atomic E-state index is 0.217. The van der Waals surface area contributed by atoms with E-state index in [4.69, 9.17) is 4.74 Å². The van der Waals surface area contributed by atoms with Crippen molar-refractivity contribution in [1.82, 2.24) is 0 Å². The first-order valence-electron chi connectivity index (χ1n) is 5.83. The average Bonchev–Trinajstić information content (AvgIpc) is 2.28. The van der Waals surface area contributed by atoms with Crippen molar-refractivity contribution in [3.8, 4) is 5.75 Å². The first kappa shape index (κ1) is 9.71. The van der Waals surface area contributed by atoms with Gasteiger partial charge < -0.3 is 4.74 Å². The van der Waals surface area contributed by atoms with Crippen LogP contribution in [0, 0.1) is 0 Å². The second kappa shape index (κ2) is 3.24. The Morgan fingerprint density at radius 2 is 1.88 bits per heavy atom. The van der Waals surface area contributed by atoms with Gasteiger partial charge in [0.25, 0.3) is 0 Å². The Hall–Kier alpha value is -1.50. The summed E-state index contributed by atoms with van der Waals surface area (Å²) in [6.07, 6.45) is 1.09. The highest BCUT2D eigenvalue weighted by Gasteiger charge is 2.30. The number of rotatable bonds is 0. The Labute approximate surface area is 96.0 Å². The summed E-state index contributed by atoms with van der Waals surface area (Å²) in [4.78, 5) is 0. The second-order valence-corrected chi connectivity index (χ2v) is 5.14. The Morgan fingerprint density at radius 1 is 1.06 bits per heavy atom. The molecule has 0 aliphatic carbocycles. The van der Waals surface area contributed by atoms with E-state index < -0.39 is 0 Å². The van der Waals surface area contributed by atoms with Crippen LogP contribution in [-0.2, 0) is 5.41 Å². The van der Waals surface area contributed by atoms with E-state index in [-0.39, 0.29) is 5.41 Å². The van der Waals surface area contributed by atoms with Gasteiger partial charge in [-0.3, -0.25) is 0 Å². The number of fused-ring (bicyclic) bond motifs is 3. The summed E-state index contributed by atoms with van der Waals surface area (Å²) in [5.41, 5.74) is 1.59. The van der Waals surface area contributed by atoms with Crippen molar-refractivity contribution in [3.63, 3.8) is 0 Å². The highest BCUT2D eigenvalue weighted by atomic mass is 16.5. The summed E-state index contributed by atoms with van der Waals surface area (Å²) < 4.78 is 5.77. The van der Waals surface area contributed by atoms with Crippen molar-refractivity contribution in [3.05, 3.63) is 42.0 Å². The molecule has 2 aromatic carbocycles. The summed E-state index contributed by atoms with van der Waals surface area (Å²) in [5, 5.41) is 2.64. The van der Waals surface area contributed by atoms with Crippen molar-refractivity contribution < 1.29 is 4.74 Å². The normalized spacial score (nSPS) is 17.9. The lowest BCUT2D eigenvalue weighted by molar-refractivity contribution is 0.236. The Balaban J connectivity index is 2.39. The van der Waals surface area contributed by atoms with Crippen LogP contribution in [0.15, 0.2) is 36.4 Å². The fourth-order valence-corrected chi connectivity index (χ4v) is 2.61. The first-order valence-corrected chi connectivity index (χ1v) is 5.83. The third kappa shape index (κ3) is 1.31. The van der Waals surface area contributed by atoms with Crippen LogP contribution < -0.4 is 4.74 Å². The summed E-state index contributed by atoms with van der Waals surface area (Å²) in [6, 6.07) is 12.8. The molecule has 82 valence electrons. The van der Waals surface area contributed by atoms with Gasteiger partial charge in [0.05, 0.1) is 6.61 Å². The molecule has 0 amide bonds. The number of ether oxygens (including phenoxy) is 1. The van der Waals surface area contributed by atoms with Crippen LogP contribution in [0.3, 0.4) is 0 Å². The van der Waals surface area contributed by atoms with E-state index in [2.05, 4.69) is 50.2 Å². The molecule has 1 aliphatic heterocycles. The molecule has 0 fully saturated rings. The molecule has 2 aromatic rings. The predicted molar refractivity (Wildman–Crippen MR) is 67.1 cm³/mol. The first-order chi connectivity index (χ1) is 7.68. The molecule has 1 nitrogen and oxygen atoms in total. The number of benzene rings is 2. The lowest BCUT2D eigenvalue weighted by Gasteiger charge is -2.33. The molecule has 0 radical (unpaired) electrons. The zero-order valence-electron chi connectivity index (χ0n) is 9.79. The van der Waals surface area contributed by atoms with Crippen LogP contribution >= 0.6 is 0 Å². The highest BCUT2D eigenvalue weighted by molar-refractivity contribution is 5.89. The lowest BCUT2D eigenvalue weighted by atomic mass is 9.77. The van der Waals surface area contributed by atoms with E-state index >= 15 is 0 Å². The molecular formula is C15H16O. The van der Waals surface area contributed by atoms with Gasteiger partial charge >= 0.3 is 0 Å². The molecule has 3 rings (SSSR count). The summed E-state index contributed by atoms with van der Waals surface area (Å²) in [5.74, 6) is 1.06. The Morgan fingerprint density at radius 3 is 2.75 bits per heavy atom. The largest absolute Gasteiger partial charge is 0.493 e. The standard InChI is InChI=1S/C15H16O/c1-15(2)9-10-16-13-8-7-11-5-3-4-6-12(11)14(13)15/h3-8H,9-10H2,1-2H3. The van der Waals surface area contributed by atoms with Crippen LogP contribution in [0.4, 0.5) is 0 Å². The van der Waals surface area contributed by atoms with Crippen LogP contribution in [0.5, 0.6) is 5.75 Å². The topological polar surface area (TPSA) is 9.23 Å². The fourth-order valence-electron chi connectivity index (χ4n) is 2.61. The Kier molecular flexibility index (Phi) is 1.97. The number of hydrogen-bond donors (Lipinski definition) is 0. The molecule has 0 spiro atoms. The van der Waals surface area contributed by atoms with E-state index in [0.717, 1.165) is 18.8 Å². The lowest BCUT2D eigenvalue weighted by Crippen LogP contribution is -2.26. The molecule has 0 atom stereocenters. The van der Waals surface area contributed by atoms with E-state index in [9.17, 15) is 0 Å². The highest BCUT2D eigenvalue weighted by Crippen LogP contribution is 2.42. The van der Waals surface area contributed by atoms with Gasteiger partial charge in [-0.25, -0.2) is 0 Å². The minimum Gasteiger partial charge on any atom is -0.493 e. The molecule has 0 N–H and O–H groups in total. The van der Waals surface area contributed by atoms with Crippen LogP contribution in [-0.4, -0.2) is 6.61 Å². The SMILES string of the molecule is CC1(C)CCOc2ccc3ccccc3c21. The van der Waals surface area contributed by atoms with Crippen LogP contribution in [0.25, 0.3) is 10.8 Å². The third-order valence-electron chi connectivity index (χ3n) is 3.55. The van der Waals surface area contributed by atoms with E-state index in [1.807, 2.05) is 0 Å². The molecule has 0 saturated heterocycles. The summed E-state index contributed by atoms with van der Waals surface area (Å²) >= 11 is 0. The van der Waals surface area contributed by atoms with Crippen molar-refractivity contribution in [2.45, 2.75) is 25.7 Å². The summed E-state index contributed by atoms with van der Waals surface area (Å²) in [6.45, 7) is 5.44. The molecule has 1 aliphatic rings. The molecule has 0 unspecified atom stereocenters. The van der Waals surface area contributed by atoms with Gasteiger partial charge in [-0.1, -0.05) is 44.2 Å². The van der Waals surface area contributed by atoms with Crippen molar-refractivity contribution >= 4 is 10.8 Å². The molecular weight excluding hydrogens is 196 g/mol. The Bertz CT molecular complexity index is 540. The molecule has 0 aromatic heterocycles. The predicted octanol–water partition coefficient (Wildman–Crippen LogP) is 3.90. The van der Waals surface area contributed by atoms with E-state index in [1.54, 1.807) is 0 Å². The van der Waals surface area contributed by atoms with Crippen LogP contribution in [0.2, 0.25) is 0 Å². The molecule has 0 saturated carbocycles. The summed E-state index contributed by atoms with van der Waals surface area (Å²) in [7, 11) is 0. The molecule has 16 heavy (non-hydrogen) atoms. The van der Waals surface area contributed by atoms with Crippen molar-refractivity contribution in [2.24, 2.45) is 0 Å². The third-order valence-corrected chi connectivity index (χ3v) is 3.55. The number of hydrogen-bond acceptors (Lipinski definition) is 1. The maximum atomic E-state index is 5.77. The van der Waals surface area contributed by atoms with Gasteiger partial charge in [0.15, 0.2) is 0 Å². The minimum atomic E-state index is 0.217. The average molecular weight is 212 g/mol. The zero-order chi connectivity index (χ0) is 11.2. The molecule has 1 heterocycles. The molecule has 1 heteroatoms. The maximum absolute atomic E-state index is 5.77. The van der Waals surface area contributed by atoms with E-state index in [1.165, 1.54) is 16.3 Å². The van der Waals surface area contributed by atoms with Crippen molar-refractivity contribution in [1.29, 1.82) is 0 Å². The monoisotopic (exact) mass is 212 g/mol. The fraction of sp³-hybridized carbons (Fsp3) is 0.333. The van der Waals surface area contributed by atoms with Gasteiger partial charge in [-0.05, 0) is 28.7 Å². The van der Waals surface area contributed by atoms with Crippen LogP contribution in [0.1, 0.15) is 25.8 Å². The zero-order valence-corrected chi connectivity index (χ0v) is 9.79. The van der Waals surface area contributed by atoms with Gasteiger partial charge in [0, 0.05) is 5.56 Å². The molecule has 0 bridgehead atoms. The second-order valence-electron chi connectivity index (χ2n) is 5.14. The van der Waals surface area contributed by atoms with Gasteiger partial charge in [0.1, 0.15) is 5.75 Å².